The maximum Gasteiger partial charge on any atom is 0.322 e. The predicted molar refractivity (Wildman–Crippen MR) is 75.4 cm³/mol. The molecule has 0 fully saturated rings. The molecule has 4 nitrogen and oxygen atoms in total. The van der Waals surface area contributed by atoms with Crippen LogP contribution < -0.4 is 10.5 Å². The molecule has 1 aromatic carbocycles. The second kappa shape index (κ2) is 6.06. The normalized spacial score (nSPS) is 12.9. The van der Waals surface area contributed by atoms with E-state index in [1.807, 2.05) is 18.2 Å². The summed E-state index contributed by atoms with van der Waals surface area (Å²) in [5, 5.41) is 0. The number of carbonyl (C=O) groups excluding carboxylic acids is 1. The maximum absolute atomic E-state index is 11.3. The fourth-order valence-corrected chi connectivity index (χ4v) is 1.96. The number of esters is 1. The molecule has 106 valence electrons. The summed E-state index contributed by atoms with van der Waals surface area (Å²) in [4.78, 5) is 11.3. The number of nitrogens with two attached hydrogens (primary N) is 1. The van der Waals surface area contributed by atoms with Crippen molar-refractivity contribution in [3.8, 4) is 5.75 Å². The van der Waals surface area contributed by atoms with Crippen molar-refractivity contribution in [2.45, 2.75) is 38.6 Å². The van der Waals surface area contributed by atoms with Gasteiger partial charge in [0.1, 0.15) is 11.8 Å². The van der Waals surface area contributed by atoms with E-state index in [1.54, 1.807) is 7.11 Å². The van der Waals surface area contributed by atoms with Gasteiger partial charge in [-0.05, 0) is 29.0 Å². The second-order valence-electron chi connectivity index (χ2n) is 5.62. The molecule has 0 aromatic heterocycles. The molecule has 0 spiro atoms. The lowest BCUT2D eigenvalue weighted by Gasteiger charge is -2.23. The minimum absolute atomic E-state index is 0.0310. The third kappa shape index (κ3) is 3.96. The molecule has 0 aliphatic carbocycles. The van der Waals surface area contributed by atoms with E-state index in [1.165, 1.54) is 7.11 Å². The Balaban J connectivity index is 3.02. The van der Waals surface area contributed by atoms with Crippen LogP contribution in [0.5, 0.6) is 5.75 Å². The van der Waals surface area contributed by atoms with E-state index in [2.05, 4.69) is 25.5 Å². The minimum atomic E-state index is -0.633. The highest BCUT2D eigenvalue weighted by molar-refractivity contribution is 5.75. The van der Waals surface area contributed by atoms with Crippen LogP contribution in [0, 0.1) is 0 Å². The molecule has 0 saturated carbocycles. The first-order valence-corrected chi connectivity index (χ1v) is 6.30. The summed E-state index contributed by atoms with van der Waals surface area (Å²) in [7, 11) is 3.00. The zero-order valence-electron chi connectivity index (χ0n) is 12.3. The summed E-state index contributed by atoms with van der Waals surface area (Å²) >= 11 is 0. The average molecular weight is 265 g/mol. The summed E-state index contributed by atoms with van der Waals surface area (Å²) in [6, 6.07) is 5.25. The van der Waals surface area contributed by atoms with Crippen LogP contribution >= 0.6 is 0 Å². The van der Waals surface area contributed by atoms with Crippen molar-refractivity contribution in [3.05, 3.63) is 29.3 Å². The van der Waals surface area contributed by atoms with Gasteiger partial charge in [-0.1, -0.05) is 32.9 Å². The highest BCUT2D eigenvalue weighted by atomic mass is 16.5. The average Bonchev–Trinajstić information content (AvgIpc) is 2.36. The van der Waals surface area contributed by atoms with Crippen LogP contribution in [0.1, 0.15) is 31.9 Å². The molecule has 0 radical (unpaired) electrons. The third-order valence-electron chi connectivity index (χ3n) is 3.03. The lowest BCUT2D eigenvalue weighted by atomic mass is 9.84. The van der Waals surface area contributed by atoms with Gasteiger partial charge in [0.05, 0.1) is 14.2 Å². The largest absolute Gasteiger partial charge is 0.496 e. The quantitative estimate of drug-likeness (QED) is 0.846. The lowest BCUT2D eigenvalue weighted by Crippen LogP contribution is -2.33. The number of hydrogen-bond acceptors (Lipinski definition) is 4. The number of methoxy groups -OCH3 is 2. The molecule has 0 amide bonds. The van der Waals surface area contributed by atoms with Crippen LogP contribution in [0.25, 0.3) is 0 Å². The van der Waals surface area contributed by atoms with Gasteiger partial charge in [0.2, 0.25) is 0 Å². The number of carbonyl (C=O) groups is 1. The van der Waals surface area contributed by atoms with E-state index in [4.69, 9.17) is 10.5 Å². The molecule has 1 aromatic rings. The first-order chi connectivity index (χ1) is 8.79. The van der Waals surface area contributed by atoms with Crippen molar-refractivity contribution in [2.75, 3.05) is 14.2 Å². The molecule has 0 aliphatic rings. The topological polar surface area (TPSA) is 61.5 Å². The Morgan fingerprint density at radius 2 is 1.95 bits per heavy atom. The molecule has 2 N–H and O–H groups in total. The van der Waals surface area contributed by atoms with Gasteiger partial charge in [0.25, 0.3) is 0 Å². The van der Waals surface area contributed by atoms with Gasteiger partial charge in [-0.3, -0.25) is 4.79 Å². The molecular formula is C15H23NO3. The first-order valence-electron chi connectivity index (χ1n) is 6.30. The Morgan fingerprint density at radius 3 is 2.42 bits per heavy atom. The van der Waals surface area contributed by atoms with Gasteiger partial charge in [-0.15, -0.1) is 0 Å². The number of hydrogen-bond donors (Lipinski definition) is 1. The van der Waals surface area contributed by atoms with Crippen molar-refractivity contribution in [3.63, 3.8) is 0 Å². The van der Waals surface area contributed by atoms with Gasteiger partial charge in [0.15, 0.2) is 0 Å². The number of benzene rings is 1. The standard InChI is InChI=1S/C15H23NO3/c1-15(2,3)11-8-10(6-7-13(11)18-4)9-12(16)14(17)19-5/h6-8,12H,9,16H2,1-5H3. The summed E-state index contributed by atoms with van der Waals surface area (Å²) in [6.07, 6.45) is 0.458. The Hall–Kier alpha value is -1.55. The lowest BCUT2D eigenvalue weighted by molar-refractivity contribution is -0.142. The molecule has 1 rings (SSSR count). The fourth-order valence-electron chi connectivity index (χ4n) is 1.96. The predicted octanol–water partition coefficient (Wildman–Crippen LogP) is 2.04. The van der Waals surface area contributed by atoms with Gasteiger partial charge in [-0.25, -0.2) is 0 Å². The van der Waals surface area contributed by atoms with Crippen molar-refractivity contribution in [2.24, 2.45) is 5.73 Å². The van der Waals surface area contributed by atoms with Crippen LogP contribution in [0.15, 0.2) is 18.2 Å². The van der Waals surface area contributed by atoms with E-state index < -0.39 is 12.0 Å². The summed E-state index contributed by atoms with van der Waals surface area (Å²) in [5.74, 6) is 0.455. The molecule has 0 saturated heterocycles. The third-order valence-corrected chi connectivity index (χ3v) is 3.03. The number of ether oxygens (including phenoxy) is 2. The van der Waals surface area contributed by atoms with Crippen molar-refractivity contribution in [1.82, 2.24) is 0 Å². The molecule has 0 heterocycles. The van der Waals surface area contributed by atoms with E-state index in [9.17, 15) is 4.79 Å². The van der Waals surface area contributed by atoms with Crippen LogP contribution in [-0.2, 0) is 21.4 Å². The fraction of sp³-hybridized carbons (Fsp3) is 0.533. The monoisotopic (exact) mass is 265 g/mol. The molecule has 19 heavy (non-hydrogen) atoms. The van der Waals surface area contributed by atoms with Gasteiger partial charge in [-0.2, -0.15) is 0 Å². The van der Waals surface area contributed by atoms with Gasteiger partial charge < -0.3 is 15.2 Å². The molecule has 4 heteroatoms. The first kappa shape index (κ1) is 15.5. The Bertz CT molecular complexity index is 449. The Kier molecular flexibility index (Phi) is 4.95. The van der Waals surface area contributed by atoms with E-state index in [-0.39, 0.29) is 5.41 Å². The Morgan fingerprint density at radius 1 is 1.32 bits per heavy atom. The maximum atomic E-state index is 11.3. The van der Waals surface area contributed by atoms with Crippen molar-refractivity contribution < 1.29 is 14.3 Å². The Labute approximate surface area is 114 Å². The van der Waals surface area contributed by atoms with Crippen LogP contribution in [0.4, 0.5) is 0 Å². The van der Waals surface area contributed by atoms with E-state index in [0.717, 1.165) is 16.9 Å². The van der Waals surface area contributed by atoms with Gasteiger partial charge >= 0.3 is 5.97 Å². The molecule has 0 bridgehead atoms. The summed E-state index contributed by atoms with van der Waals surface area (Å²) in [5.41, 5.74) is 7.86. The second-order valence-corrected chi connectivity index (χ2v) is 5.62. The number of rotatable bonds is 4. The minimum Gasteiger partial charge on any atom is -0.496 e. The zero-order chi connectivity index (χ0) is 14.6. The van der Waals surface area contributed by atoms with Crippen molar-refractivity contribution >= 4 is 5.97 Å². The van der Waals surface area contributed by atoms with Crippen LogP contribution in [0.3, 0.4) is 0 Å². The highest BCUT2D eigenvalue weighted by Crippen LogP contribution is 2.32. The molecular weight excluding hydrogens is 242 g/mol. The van der Waals surface area contributed by atoms with E-state index in [0.29, 0.717) is 6.42 Å². The summed E-state index contributed by atoms with van der Waals surface area (Å²) in [6.45, 7) is 6.36. The SMILES string of the molecule is COC(=O)C(N)Cc1ccc(OC)c(C(C)(C)C)c1. The molecule has 1 atom stereocenters. The smallest absolute Gasteiger partial charge is 0.322 e. The van der Waals surface area contributed by atoms with Crippen molar-refractivity contribution in [1.29, 1.82) is 0 Å². The van der Waals surface area contributed by atoms with Gasteiger partial charge in [0, 0.05) is 0 Å². The molecule has 1 unspecified atom stereocenters. The van der Waals surface area contributed by atoms with E-state index >= 15 is 0 Å². The van der Waals surface area contributed by atoms with Crippen LogP contribution in [-0.4, -0.2) is 26.2 Å². The zero-order valence-corrected chi connectivity index (χ0v) is 12.3. The van der Waals surface area contributed by atoms with Crippen LogP contribution in [0.2, 0.25) is 0 Å². The summed E-state index contributed by atoms with van der Waals surface area (Å²) < 4.78 is 10.0. The molecule has 0 aliphatic heterocycles. The highest BCUT2D eigenvalue weighted by Gasteiger charge is 2.21.